The van der Waals surface area contributed by atoms with Crippen molar-refractivity contribution in [3.05, 3.63) is 60.3 Å². The average molecular weight is 347 g/mol. The average Bonchev–Trinajstić information content (AvgIpc) is 3.22. The molecule has 4 rings (SSSR count). The lowest BCUT2D eigenvalue weighted by atomic mass is 9.99. The molecule has 26 heavy (non-hydrogen) atoms. The lowest BCUT2D eigenvalue weighted by Gasteiger charge is -2.32. The molecule has 0 saturated carbocycles. The first-order valence-corrected chi connectivity index (χ1v) is 9.38. The van der Waals surface area contributed by atoms with E-state index in [9.17, 15) is 0 Å². The van der Waals surface area contributed by atoms with Gasteiger partial charge in [-0.2, -0.15) is 0 Å². The number of hydrogen-bond acceptors (Lipinski definition) is 4. The summed E-state index contributed by atoms with van der Waals surface area (Å²) in [5.41, 5.74) is 4.83. The number of rotatable bonds is 4. The topological polar surface area (TPSA) is 46.8 Å². The van der Waals surface area contributed by atoms with Crippen LogP contribution in [0.4, 0.5) is 0 Å². The van der Waals surface area contributed by atoms with Crippen molar-refractivity contribution in [1.82, 2.24) is 24.6 Å². The molecule has 3 heterocycles. The Hall–Kier alpha value is -2.53. The quantitative estimate of drug-likeness (QED) is 0.710. The molecule has 0 N–H and O–H groups in total. The van der Waals surface area contributed by atoms with Crippen LogP contribution in [-0.4, -0.2) is 37.7 Å². The Balaban J connectivity index is 1.54. The number of hydrogen-bond donors (Lipinski definition) is 0. The first-order valence-electron chi connectivity index (χ1n) is 9.38. The third-order valence-corrected chi connectivity index (χ3v) is 5.38. The summed E-state index contributed by atoms with van der Waals surface area (Å²) in [6.45, 7) is 6.83. The molecule has 1 atom stereocenters. The smallest absolute Gasteiger partial charge is 0.142 e. The standard InChI is InChI=1S/C21H25N5/c1-16-12-20(13-22-21(16)26-14-23-24-15-26)19-8-6-18(7-9-19)17(2)25-10-4-3-5-11-25/h6-9,12-15,17H,3-5,10-11H2,1-2H3. The largest absolute Gasteiger partial charge is 0.297 e. The van der Waals surface area contributed by atoms with Gasteiger partial charge in [0.15, 0.2) is 0 Å². The first-order chi connectivity index (χ1) is 12.7. The van der Waals surface area contributed by atoms with Gasteiger partial charge in [-0.1, -0.05) is 30.7 Å². The van der Waals surface area contributed by atoms with E-state index >= 15 is 0 Å². The highest BCUT2D eigenvalue weighted by Gasteiger charge is 2.18. The Morgan fingerprint density at radius 3 is 2.27 bits per heavy atom. The Bertz CT molecular complexity index is 849. The van der Waals surface area contributed by atoms with E-state index in [2.05, 4.69) is 64.3 Å². The number of aryl methyl sites for hydroxylation is 1. The van der Waals surface area contributed by atoms with Crippen molar-refractivity contribution in [2.45, 2.75) is 39.2 Å². The number of pyridine rings is 1. The van der Waals surface area contributed by atoms with Crippen molar-refractivity contribution < 1.29 is 0 Å². The summed E-state index contributed by atoms with van der Waals surface area (Å²) < 4.78 is 1.84. The second-order valence-corrected chi connectivity index (χ2v) is 7.13. The van der Waals surface area contributed by atoms with Crippen LogP contribution in [0.1, 0.15) is 43.4 Å². The summed E-state index contributed by atoms with van der Waals surface area (Å²) in [6.07, 6.45) is 9.29. The van der Waals surface area contributed by atoms with Gasteiger partial charge in [0.1, 0.15) is 18.5 Å². The van der Waals surface area contributed by atoms with Crippen molar-refractivity contribution in [3.8, 4) is 16.9 Å². The van der Waals surface area contributed by atoms with Gasteiger partial charge in [-0.25, -0.2) is 4.98 Å². The molecule has 1 unspecified atom stereocenters. The number of benzene rings is 1. The van der Waals surface area contributed by atoms with Crippen molar-refractivity contribution in [2.75, 3.05) is 13.1 Å². The van der Waals surface area contributed by atoms with Crippen LogP contribution >= 0.6 is 0 Å². The second-order valence-electron chi connectivity index (χ2n) is 7.13. The second kappa shape index (κ2) is 7.38. The maximum atomic E-state index is 4.60. The molecule has 1 aliphatic heterocycles. The molecule has 1 fully saturated rings. The monoisotopic (exact) mass is 347 g/mol. The summed E-state index contributed by atoms with van der Waals surface area (Å²) in [5, 5.41) is 7.71. The zero-order valence-corrected chi connectivity index (χ0v) is 15.5. The Morgan fingerprint density at radius 2 is 1.62 bits per heavy atom. The van der Waals surface area contributed by atoms with Crippen LogP contribution in [0.3, 0.4) is 0 Å². The molecule has 0 bridgehead atoms. The maximum Gasteiger partial charge on any atom is 0.142 e. The predicted octanol–water partition coefficient (Wildman–Crippen LogP) is 4.18. The van der Waals surface area contributed by atoms with Crippen LogP contribution in [0.2, 0.25) is 0 Å². The fourth-order valence-corrected chi connectivity index (χ4v) is 3.78. The molecule has 1 saturated heterocycles. The lowest BCUT2D eigenvalue weighted by Crippen LogP contribution is -2.32. The normalized spacial score (nSPS) is 16.5. The van der Waals surface area contributed by atoms with Crippen LogP contribution in [0.25, 0.3) is 16.9 Å². The van der Waals surface area contributed by atoms with Gasteiger partial charge in [0.05, 0.1) is 0 Å². The Kier molecular flexibility index (Phi) is 4.80. The Morgan fingerprint density at radius 1 is 0.923 bits per heavy atom. The van der Waals surface area contributed by atoms with Crippen LogP contribution in [0.5, 0.6) is 0 Å². The summed E-state index contributed by atoms with van der Waals surface area (Å²) in [7, 11) is 0. The number of piperidine rings is 1. The zero-order valence-electron chi connectivity index (χ0n) is 15.5. The molecular weight excluding hydrogens is 322 g/mol. The van der Waals surface area contributed by atoms with Crippen molar-refractivity contribution >= 4 is 0 Å². The predicted molar refractivity (Wildman–Crippen MR) is 103 cm³/mol. The van der Waals surface area contributed by atoms with Gasteiger partial charge in [-0.15, -0.1) is 10.2 Å². The van der Waals surface area contributed by atoms with Gasteiger partial charge in [0.25, 0.3) is 0 Å². The van der Waals surface area contributed by atoms with Crippen molar-refractivity contribution in [3.63, 3.8) is 0 Å². The molecule has 0 amide bonds. The van der Waals surface area contributed by atoms with Gasteiger partial charge >= 0.3 is 0 Å². The zero-order chi connectivity index (χ0) is 17.9. The van der Waals surface area contributed by atoms with Gasteiger partial charge in [-0.3, -0.25) is 9.47 Å². The fourth-order valence-electron chi connectivity index (χ4n) is 3.78. The minimum atomic E-state index is 0.486. The SMILES string of the molecule is Cc1cc(-c2ccc(C(C)N3CCCCC3)cc2)cnc1-n1cnnc1. The highest BCUT2D eigenvalue weighted by Crippen LogP contribution is 2.27. The molecule has 2 aromatic heterocycles. The summed E-state index contributed by atoms with van der Waals surface area (Å²) in [5.74, 6) is 0.870. The molecular formula is C21H25N5. The van der Waals surface area contributed by atoms with Crippen molar-refractivity contribution in [2.24, 2.45) is 0 Å². The number of nitrogens with zero attached hydrogens (tertiary/aromatic N) is 5. The molecule has 0 spiro atoms. The van der Waals surface area contributed by atoms with E-state index in [4.69, 9.17) is 0 Å². The van der Waals surface area contributed by atoms with Crippen LogP contribution in [-0.2, 0) is 0 Å². The third kappa shape index (κ3) is 3.40. The van der Waals surface area contributed by atoms with Crippen LogP contribution in [0, 0.1) is 6.92 Å². The summed E-state index contributed by atoms with van der Waals surface area (Å²) >= 11 is 0. The first kappa shape index (κ1) is 16.9. The van der Waals surface area contributed by atoms with Gasteiger partial charge < -0.3 is 0 Å². The van der Waals surface area contributed by atoms with Gasteiger partial charge in [0, 0.05) is 17.8 Å². The molecule has 0 aliphatic carbocycles. The van der Waals surface area contributed by atoms with Gasteiger partial charge in [0.2, 0.25) is 0 Å². The molecule has 5 heteroatoms. The minimum Gasteiger partial charge on any atom is -0.297 e. The van der Waals surface area contributed by atoms with E-state index in [1.807, 2.05) is 10.8 Å². The van der Waals surface area contributed by atoms with E-state index in [1.54, 1.807) is 12.7 Å². The number of likely N-dealkylation sites (tertiary alicyclic amines) is 1. The van der Waals surface area contributed by atoms with E-state index in [0.29, 0.717) is 6.04 Å². The van der Waals surface area contributed by atoms with E-state index < -0.39 is 0 Å². The summed E-state index contributed by atoms with van der Waals surface area (Å²) in [4.78, 5) is 7.20. The van der Waals surface area contributed by atoms with Gasteiger partial charge in [-0.05, 0) is 62.5 Å². The van der Waals surface area contributed by atoms with E-state index in [-0.39, 0.29) is 0 Å². The molecule has 134 valence electrons. The van der Waals surface area contributed by atoms with Crippen LogP contribution < -0.4 is 0 Å². The molecule has 5 nitrogen and oxygen atoms in total. The van der Waals surface area contributed by atoms with E-state index in [0.717, 1.165) is 16.9 Å². The molecule has 0 radical (unpaired) electrons. The molecule has 1 aliphatic rings. The summed E-state index contributed by atoms with van der Waals surface area (Å²) in [6, 6.07) is 11.6. The third-order valence-electron chi connectivity index (χ3n) is 5.38. The highest BCUT2D eigenvalue weighted by molar-refractivity contribution is 5.64. The van der Waals surface area contributed by atoms with Crippen molar-refractivity contribution in [1.29, 1.82) is 0 Å². The highest BCUT2D eigenvalue weighted by atomic mass is 15.2. The van der Waals surface area contributed by atoms with E-state index in [1.165, 1.54) is 43.5 Å². The number of aromatic nitrogens is 4. The fraction of sp³-hybridized carbons (Fsp3) is 0.381. The minimum absolute atomic E-state index is 0.486. The molecule has 3 aromatic rings. The molecule has 1 aromatic carbocycles. The maximum absolute atomic E-state index is 4.60. The lowest BCUT2D eigenvalue weighted by molar-refractivity contribution is 0.175. The van der Waals surface area contributed by atoms with Crippen LogP contribution in [0.15, 0.2) is 49.2 Å². The Labute approximate surface area is 154 Å².